The summed E-state index contributed by atoms with van der Waals surface area (Å²) >= 11 is 0. The molecule has 8 nitrogen and oxygen atoms in total. The molecular weight excluding hydrogens is 1160 g/mol. The summed E-state index contributed by atoms with van der Waals surface area (Å²) in [5.74, 6) is 0. The molecule has 0 aliphatic rings. The highest BCUT2D eigenvalue weighted by Gasteiger charge is 2.36. The fourth-order valence-electron chi connectivity index (χ4n) is 15.4. The van der Waals surface area contributed by atoms with Gasteiger partial charge in [0.25, 0.3) is 0 Å². The quantitative estimate of drug-likeness (QED) is 0.166. The third-order valence-corrected chi connectivity index (χ3v) is 20.2. The maximum atomic E-state index is 13.5. The number of nitriles is 1. The van der Waals surface area contributed by atoms with Crippen molar-refractivity contribution >= 4 is 109 Å². The van der Waals surface area contributed by atoms with Crippen molar-refractivity contribution in [2.75, 3.05) is 0 Å². The van der Waals surface area contributed by atoms with Crippen LogP contribution >= 0.6 is 0 Å². The molecule has 462 valence electrons. The normalized spacial score (nSPS) is 12.8. The molecule has 7 aromatic heterocycles. The predicted octanol–water partition coefficient (Wildman–Crippen LogP) is 22.7. The lowest BCUT2D eigenvalue weighted by atomic mass is 9.86. The van der Waals surface area contributed by atoms with Crippen molar-refractivity contribution in [2.45, 2.75) is 105 Å². The summed E-state index contributed by atoms with van der Waals surface area (Å²) in [6.45, 7) is 27.5. The van der Waals surface area contributed by atoms with Gasteiger partial charge in [-0.3, -0.25) is 4.57 Å². The van der Waals surface area contributed by atoms with Gasteiger partial charge >= 0.3 is 0 Å². The molecule has 0 aliphatic heterocycles. The highest BCUT2D eigenvalue weighted by Crippen LogP contribution is 2.53. The third-order valence-electron chi connectivity index (χ3n) is 20.2. The number of aromatic nitrogens is 7. The van der Waals surface area contributed by atoms with Crippen molar-refractivity contribution < 1.29 is 0 Å². The largest absolute Gasteiger partial charge is 0.306 e. The highest BCUT2D eigenvalue weighted by atomic mass is 15.1. The van der Waals surface area contributed by atoms with E-state index in [0.29, 0.717) is 5.56 Å². The summed E-state index contributed by atoms with van der Waals surface area (Å²) in [5.41, 5.74) is 20.6. The summed E-state index contributed by atoms with van der Waals surface area (Å²) in [5, 5.41) is 24.4. The predicted molar refractivity (Wildman–Crippen MR) is 399 cm³/mol. The van der Waals surface area contributed by atoms with Crippen LogP contribution in [0.5, 0.6) is 0 Å². The van der Waals surface area contributed by atoms with E-state index in [9.17, 15) is 5.26 Å². The molecular formula is C87H74N8. The van der Waals surface area contributed by atoms with E-state index >= 15 is 0 Å². The zero-order valence-electron chi connectivity index (χ0n) is 56.0. The van der Waals surface area contributed by atoms with Gasteiger partial charge in [-0.15, -0.1) is 0 Å². The number of pyridine rings is 2. The Hall–Kier alpha value is -11.0. The summed E-state index contributed by atoms with van der Waals surface area (Å²) in [7, 11) is 0. The molecule has 10 aromatic carbocycles. The van der Waals surface area contributed by atoms with E-state index in [1.807, 2.05) is 24.5 Å². The summed E-state index contributed by atoms with van der Waals surface area (Å²) < 4.78 is 12.2. The van der Waals surface area contributed by atoms with Crippen molar-refractivity contribution in [3.05, 3.63) is 259 Å². The second-order valence-corrected chi connectivity index (χ2v) is 30.2. The number of rotatable bonds is 6. The molecule has 95 heavy (non-hydrogen) atoms. The van der Waals surface area contributed by atoms with Gasteiger partial charge in [-0.2, -0.15) is 5.26 Å². The van der Waals surface area contributed by atoms with Gasteiger partial charge in [0.1, 0.15) is 22.9 Å². The van der Waals surface area contributed by atoms with Gasteiger partial charge in [0.15, 0.2) is 0 Å². The smallest absolute Gasteiger partial charge is 0.146 e. The molecule has 8 heteroatoms. The number of hydrogen-bond acceptors (Lipinski definition) is 3. The first-order valence-corrected chi connectivity index (χ1v) is 33.3. The lowest BCUT2D eigenvalue weighted by Crippen LogP contribution is -2.17. The standard InChI is InChI=1S/C87H74N8/c1-84(2,3)53-36-40-73-64(47-53)58-26-13-17-32-69(58)92(73)78-68(51-88)79(93-70-33-18-14-27-59(70)65-48-54(85(4,5)6)37-41-74(65)93)81(95-72-35-20-16-29-61(72)67-50-56(87(10,11)12)39-43-76(67)95)77(80(78)94-71-34-19-15-28-60(71)66-49-55(86(7,8)9)38-42-75(66)94)52-24-21-25-57(46-52)91-82-62(30-22-44-89-82)63-31-23-45-90-83(63)91/h13-50H,1-12H3. The van der Waals surface area contributed by atoms with Crippen molar-refractivity contribution in [2.24, 2.45) is 0 Å². The molecule has 17 rings (SSSR count). The summed E-state index contributed by atoms with van der Waals surface area (Å²) in [4.78, 5) is 10.3. The van der Waals surface area contributed by atoms with E-state index in [2.05, 4.69) is 318 Å². The molecule has 17 aromatic rings. The fourth-order valence-corrected chi connectivity index (χ4v) is 15.4. The molecule has 0 saturated carbocycles. The van der Waals surface area contributed by atoms with Crippen LogP contribution in [0, 0.1) is 11.3 Å². The second kappa shape index (κ2) is 20.5. The van der Waals surface area contributed by atoms with E-state index in [0.717, 1.165) is 149 Å². The third kappa shape index (κ3) is 8.64. The van der Waals surface area contributed by atoms with Crippen LogP contribution < -0.4 is 0 Å². The molecule has 0 N–H and O–H groups in total. The van der Waals surface area contributed by atoms with Crippen LogP contribution in [0.2, 0.25) is 0 Å². The monoisotopic (exact) mass is 1230 g/mol. The average Bonchev–Trinajstić information content (AvgIpc) is 1.59. The molecule has 0 saturated heterocycles. The lowest BCUT2D eigenvalue weighted by Gasteiger charge is -2.30. The number of nitrogens with zero attached hydrogens (tertiary/aromatic N) is 8. The van der Waals surface area contributed by atoms with Gasteiger partial charge in [0, 0.05) is 77.5 Å². The van der Waals surface area contributed by atoms with Crippen LogP contribution in [0.3, 0.4) is 0 Å². The Kier molecular flexibility index (Phi) is 12.5. The maximum Gasteiger partial charge on any atom is 0.146 e. The SMILES string of the molecule is CC(C)(C)c1ccc2c(c1)c1ccccc1n2-c1c(C#N)c(-n2c3ccccc3c3cc(C(C)(C)C)ccc32)c(-n2c3ccccc3c3cc(C(C)(C)C)ccc32)c(-c2cccc(-n3c4ncccc4c4cccnc43)c2)c1-n1c2ccccc2c2cc(C(C)(C)C)ccc21. The Morgan fingerprint density at radius 2 is 0.589 bits per heavy atom. The lowest BCUT2D eigenvalue weighted by molar-refractivity contribution is 0.591. The Labute approximate surface area is 553 Å². The Bertz CT molecular complexity index is 5810. The molecule has 0 unspecified atom stereocenters. The van der Waals surface area contributed by atoms with Crippen LogP contribution in [-0.2, 0) is 21.7 Å². The van der Waals surface area contributed by atoms with E-state index in [1.165, 1.54) is 22.3 Å². The van der Waals surface area contributed by atoms with Crippen LogP contribution in [0.4, 0.5) is 0 Å². The molecule has 0 bridgehead atoms. The molecule has 0 amide bonds. The number of hydrogen-bond donors (Lipinski definition) is 0. The molecule has 0 spiro atoms. The van der Waals surface area contributed by atoms with E-state index < -0.39 is 0 Å². The van der Waals surface area contributed by atoms with Crippen molar-refractivity contribution in [3.8, 4) is 45.6 Å². The highest BCUT2D eigenvalue weighted by molar-refractivity contribution is 6.18. The molecule has 0 fully saturated rings. The van der Waals surface area contributed by atoms with Gasteiger partial charge in [-0.25, -0.2) is 9.97 Å². The van der Waals surface area contributed by atoms with Crippen LogP contribution in [0.15, 0.2) is 231 Å². The molecule has 0 radical (unpaired) electrons. The fraction of sp³-hybridized carbons (Fsp3) is 0.184. The van der Waals surface area contributed by atoms with E-state index in [1.54, 1.807) is 0 Å². The second-order valence-electron chi connectivity index (χ2n) is 30.2. The zero-order chi connectivity index (χ0) is 65.4. The van der Waals surface area contributed by atoms with Crippen molar-refractivity contribution in [1.82, 2.24) is 32.8 Å². The number of para-hydroxylation sites is 4. The summed E-state index contributed by atoms with van der Waals surface area (Å²) in [6.07, 6.45) is 3.76. The first kappa shape index (κ1) is 57.9. The first-order valence-electron chi connectivity index (χ1n) is 33.3. The van der Waals surface area contributed by atoms with E-state index in [-0.39, 0.29) is 21.7 Å². The minimum atomic E-state index is -0.151. The zero-order valence-corrected chi connectivity index (χ0v) is 56.0. The maximum absolute atomic E-state index is 13.5. The minimum absolute atomic E-state index is 0.150. The van der Waals surface area contributed by atoms with Crippen LogP contribution in [0.25, 0.3) is 149 Å². The van der Waals surface area contributed by atoms with Gasteiger partial charge in [-0.1, -0.05) is 192 Å². The Morgan fingerprint density at radius 1 is 0.284 bits per heavy atom. The van der Waals surface area contributed by atoms with Gasteiger partial charge in [0.2, 0.25) is 0 Å². The minimum Gasteiger partial charge on any atom is -0.306 e. The average molecular weight is 1230 g/mol. The van der Waals surface area contributed by atoms with Gasteiger partial charge < -0.3 is 18.3 Å². The van der Waals surface area contributed by atoms with Crippen molar-refractivity contribution in [1.29, 1.82) is 5.26 Å². The van der Waals surface area contributed by atoms with Gasteiger partial charge in [-0.05, 0) is 159 Å². The Morgan fingerprint density at radius 3 is 0.916 bits per heavy atom. The molecule has 7 heterocycles. The summed E-state index contributed by atoms with van der Waals surface area (Å²) in [6, 6.07) is 84.1. The first-order chi connectivity index (χ1) is 45.7. The van der Waals surface area contributed by atoms with Crippen LogP contribution in [-0.4, -0.2) is 32.8 Å². The number of benzene rings is 10. The topological polar surface area (TPSA) is 74.2 Å². The molecule has 0 atom stereocenters. The number of fused-ring (bicyclic) bond motifs is 15. The van der Waals surface area contributed by atoms with E-state index in [4.69, 9.17) is 9.97 Å². The van der Waals surface area contributed by atoms with Crippen molar-refractivity contribution in [3.63, 3.8) is 0 Å². The Balaban J connectivity index is 1.20. The van der Waals surface area contributed by atoms with Crippen LogP contribution in [0.1, 0.15) is 111 Å². The molecule has 0 aliphatic carbocycles. The van der Waals surface area contributed by atoms with Gasteiger partial charge in [0.05, 0.1) is 66.9 Å².